The van der Waals surface area contributed by atoms with Crippen LogP contribution in [0.25, 0.3) is 0 Å². The Morgan fingerprint density at radius 1 is 1.36 bits per heavy atom. The van der Waals surface area contributed by atoms with Gasteiger partial charge < -0.3 is 14.0 Å². The highest BCUT2D eigenvalue weighted by Gasteiger charge is 2.44. The molecule has 25 heavy (non-hydrogen) atoms. The van der Waals surface area contributed by atoms with E-state index in [0.717, 1.165) is 42.9 Å². The summed E-state index contributed by atoms with van der Waals surface area (Å²) in [6.45, 7) is 6.19. The Labute approximate surface area is 145 Å². The first-order valence-corrected chi connectivity index (χ1v) is 8.68. The predicted octanol–water partition coefficient (Wildman–Crippen LogP) is 2.64. The molecule has 1 aliphatic carbocycles. The van der Waals surface area contributed by atoms with E-state index < -0.39 is 5.82 Å². The van der Waals surface area contributed by atoms with Crippen LogP contribution in [0.2, 0.25) is 0 Å². The van der Waals surface area contributed by atoms with Crippen molar-refractivity contribution in [2.24, 2.45) is 0 Å². The fraction of sp³-hybridized carbons (Fsp3) is 0.556. The zero-order chi connectivity index (χ0) is 17.4. The number of nitrogens with zero attached hydrogens (tertiary/aromatic N) is 3. The molecule has 7 heteroatoms. The third-order valence-electron chi connectivity index (χ3n) is 5.18. The quantitative estimate of drug-likeness (QED) is 0.847. The molecule has 0 amide bonds. The first-order chi connectivity index (χ1) is 12.1. The molecule has 0 aromatic carbocycles. The number of rotatable bonds is 4. The van der Waals surface area contributed by atoms with Crippen molar-refractivity contribution in [2.75, 3.05) is 13.2 Å². The smallest absolute Gasteiger partial charge is 0.250 e. The van der Waals surface area contributed by atoms with Gasteiger partial charge in [-0.15, -0.1) is 0 Å². The molecule has 2 aromatic rings. The van der Waals surface area contributed by atoms with Crippen molar-refractivity contribution in [3.63, 3.8) is 0 Å². The fourth-order valence-corrected chi connectivity index (χ4v) is 3.85. The van der Waals surface area contributed by atoms with Gasteiger partial charge in [0.05, 0.1) is 12.3 Å². The minimum Gasteiger partial charge on any atom is -0.469 e. The van der Waals surface area contributed by atoms with Crippen molar-refractivity contribution in [3.8, 4) is 5.88 Å². The average Bonchev–Trinajstić information content (AvgIpc) is 3.16. The zero-order valence-corrected chi connectivity index (χ0v) is 14.4. The van der Waals surface area contributed by atoms with E-state index in [9.17, 15) is 4.39 Å². The number of morpholine rings is 1. The molecule has 0 bridgehead atoms. The van der Waals surface area contributed by atoms with E-state index in [0.29, 0.717) is 6.61 Å². The molecule has 1 saturated heterocycles. The Morgan fingerprint density at radius 2 is 2.24 bits per heavy atom. The van der Waals surface area contributed by atoms with Crippen molar-refractivity contribution in [1.82, 2.24) is 15.0 Å². The highest BCUT2D eigenvalue weighted by molar-refractivity contribution is 5.21. The Balaban J connectivity index is 1.48. The van der Waals surface area contributed by atoms with Crippen molar-refractivity contribution in [1.29, 1.82) is 0 Å². The second-order valence-corrected chi connectivity index (χ2v) is 6.70. The van der Waals surface area contributed by atoms with E-state index in [-0.39, 0.29) is 24.1 Å². The molecular weight excluding hydrogens is 325 g/mol. The summed E-state index contributed by atoms with van der Waals surface area (Å²) >= 11 is 0. The average molecular weight is 347 g/mol. The molecule has 3 atom stereocenters. The van der Waals surface area contributed by atoms with Gasteiger partial charge in [0.2, 0.25) is 0 Å². The summed E-state index contributed by atoms with van der Waals surface area (Å²) in [6, 6.07) is 3.17. The zero-order valence-electron chi connectivity index (χ0n) is 14.4. The van der Waals surface area contributed by atoms with E-state index in [1.165, 1.54) is 12.3 Å². The van der Waals surface area contributed by atoms with E-state index in [1.807, 2.05) is 13.8 Å². The molecule has 0 spiro atoms. The number of aromatic nitrogens is 2. The van der Waals surface area contributed by atoms with Crippen LogP contribution in [0.5, 0.6) is 5.88 Å². The van der Waals surface area contributed by atoms with Gasteiger partial charge in [0.1, 0.15) is 18.0 Å². The van der Waals surface area contributed by atoms with Crippen molar-refractivity contribution >= 4 is 0 Å². The lowest BCUT2D eigenvalue weighted by atomic mass is 10.1. The van der Waals surface area contributed by atoms with Gasteiger partial charge in [-0.2, -0.15) is 0 Å². The van der Waals surface area contributed by atoms with E-state index in [1.54, 1.807) is 6.07 Å². The Hall–Kier alpha value is -1.99. The fourth-order valence-electron chi connectivity index (χ4n) is 3.85. The molecule has 0 N–H and O–H groups in total. The molecular formula is C18H22FN3O3. The van der Waals surface area contributed by atoms with E-state index in [2.05, 4.69) is 15.0 Å². The lowest BCUT2D eigenvalue weighted by Gasteiger charge is -2.38. The Morgan fingerprint density at radius 3 is 3.00 bits per heavy atom. The lowest BCUT2D eigenvalue weighted by molar-refractivity contribution is -0.0928. The summed E-state index contributed by atoms with van der Waals surface area (Å²) in [4.78, 5) is 6.40. The molecule has 134 valence electrons. The largest absolute Gasteiger partial charge is 0.469 e. The summed E-state index contributed by atoms with van der Waals surface area (Å²) in [5.41, 5.74) is 2.07. The van der Waals surface area contributed by atoms with Crippen LogP contribution in [0.4, 0.5) is 4.39 Å². The van der Waals surface area contributed by atoms with Crippen LogP contribution in [0.3, 0.4) is 0 Å². The maximum atomic E-state index is 13.8. The molecule has 1 aliphatic heterocycles. The number of fused-ring (bicyclic) bond motifs is 1. The Bertz CT molecular complexity index is 731. The standard InChI is InChI=1S/C18H22FN3O3/c1-11-13(12(2)25-21-11)10-22-8-9-23-17-15(22)5-6-16(17)24-18-14(19)4-3-7-20-18/h3-4,7,15-17H,5-6,8-10H2,1-2H3/t15-,16-,17+/m1/s1. The van der Waals surface area contributed by atoms with Gasteiger partial charge in [0, 0.05) is 30.9 Å². The molecule has 2 fully saturated rings. The summed E-state index contributed by atoms with van der Waals surface area (Å²) in [7, 11) is 0. The topological polar surface area (TPSA) is 60.6 Å². The Kier molecular flexibility index (Phi) is 4.43. The molecule has 2 aromatic heterocycles. The normalized spacial score (nSPS) is 26.6. The second kappa shape index (κ2) is 6.72. The first-order valence-electron chi connectivity index (χ1n) is 8.68. The predicted molar refractivity (Wildman–Crippen MR) is 87.8 cm³/mol. The van der Waals surface area contributed by atoms with Crippen LogP contribution in [0, 0.1) is 19.7 Å². The van der Waals surface area contributed by atoms with Crippen LogP contribution in [0.15, 0.2) is 22.9 Å². The van der Waals surface area contributed by atoms with Gasteiger partial charge in [-0.05, 0) is 38.8 Å². The number of hydrogen-bond donors (Lipinski definition) is 0. The summed E-state index contributed by atoms with van der Waals surface area (Å²) < 4.78 is 30.9. The van der Waals surface area contributed by atoms with Gasteiger partial charge in [-0.1, -0.05) is 5.16 Å². The second-order valence-electron chi connectivity index (χ2n) is 6.70. The van der Waals surface area contributed by atoms with Crippen LogP contribution < -0.4 is 4.74 Å². The van der Waals surface area contributed by atoms with Gasteiger partial charge >= 0.3 is 0 Å². The monoisotopic (exact) mass is 347 g/mol. The first kappa shape index (κ1) is 16.5. The minimum absolute atomic E-state index is 0.0552. The number of pyridine rings is 1. The molecule has 2 aliphatic rings. The van der Waals surface area contributed by atoms with E-state index in [4.69, 9.17) is 14.0 Å². The molecule has 0 unspecified atom stereocenters. The van der Waals surface area contributed by atoms with Crippen LogP contribution in [-0.2, 0) is 11.3 Å². The SMILES string of the molecule is Cc1noc(C)c1CN1CCO[C@H]2[C@H]1CC[C@H]2Oc1ncccc1F. The van der Waals surface area contributed by atoms with Crippen LogP contribution >= 0.6 is 0 Å². The molecule has 3 heterocycles. The maximum absolute atomic E-state index is 13.8. The molecule has 6 nitrogen and oxygen atoms in total. The molecule has 1 saturated carbocycles. The van der Waals surface area contributed by atoms with Gasteiger partial charge in [0.25, 0.3) is 5.88 Å². The van der Waals surface area contributed by atoms with Crippen molar-refractivity contribution in [2.45, 2.75) is 51.5 Å². The summed E-state index contributed by atoms with van der Waals surface area (Å²) in [6.07, 6.45) is 3.06. The van der Waals surface area contributed by atoms with Crippen molar-refractivity contribution < 1.29 is 18.4 Å². The number of hydrogen-bond acceptors (Lipinski definition) is 6. The summed E-state index contributed by atoms with van der Waals surface area (Å²) in [5.74, 6) is 0.482. The third kappa shape index (κ3) is 3.14. The maximum Gasteiger partial charge on any atom is 0.250 e. The molecule has 4 rings (SSSR count). The highest BCUT2D eigenvalue weighted by atomic mass is 19.1. The number of ether oxygens (including phenoxy) is 2. The molecule has 0 radical (unpaired) electrons. The van der Waals surface area contributed by atoms with E-state index >= 15 is 0 Å². The number of aryl methyl sites for hydroxylation is 2. The lowest BCUT2D eigenvalue weighted by Crippen LogP contribution is -2.51. The highest BCUT2D eigenvalue weighted by Crippen LogP contribution is 2.34. The van der Waals surface area contributed by atoms with Crippen LogP contribution in [-0.4, -0.2) is 46.4 Å². The van der Waals surface area contributed by atoms with Gasteiger partial charge in [0.15, 0.2) is 5.82 Å². The van der Waals surface area contributed by atoms with Gasteiger partial charge in [-0.25, -0.2) is 9.37 Å². The third-order valence-corrected chi connectivity index (χ3v) is 5.18. The van der Waals surface area contributed by atoms with Crippen molar-refractivity contribution in [3.05, 3.63) is 41.2 Å². The van der Waals surface area contributed by atoms with Crippen LogP contribution in [0.1, 0.15) is 29.9 Å². The summed E-state index contributed by atoms with van der Waals surface area (Å²) in [5, 5.41) is 4.04. The van der Waals surface area contributed by atoms with Gasteiger partial charge in [-0.3, -0.25) is 4.90 Å². The number of halogens is 1. The minimum atomic E-state index is -0.436.